The Morgan fingerprint density at radius 3 is 2.00 bits per heavy atom. The van der Waals surface area contributed by atoms with Gasteiger partial charge in [0.1, 0.15) is 0 Å². The molecule has 0 heterocycles. The Labute approximate surface area is 131 Å². The minimum absolute atomic E-state index is 0.176. The highest BCUT2D eigenvalue weighted by molar-refractivity contribution is 6.74. The quantitative estimate of drug-likeness (QED) is 0.773. The largest absolute Gasteiger partial charge is 0.363 e. The molecule has 0 unspecified atom stereocenters. The molecular formula is C17H32BN2O. The molecule has 0 bridgehead atoms. The zero-order valence-corrected chi connectivity index (χ0v) is 13.5. The van der Waals surface area contributed by atoms with Gasteiger partial charge in [-0.15, -0.1) is 0 Å². The van der Waals surface area contributed by atoms with E-state index in [9.17, 15) is 4.79 Å². The molecule has 4 heteroatoms. The molecule has 0 aromatic carbocycles. The van der Waals surface area contributed by atoms with Crippen LogP contribution in [0.15, 0.2) is 0 Å². The number of carbonyl (C=O) groups excluding carboxylic acids is 1. The smallest absolute Gasteiger partial charge is 0.236 e. The summed E-state index contributed by atoms with van der Waals surface area (Å²) in [4.78, 5) is 12.2. The second kappa shape index (κ2) is 9.50. The maximum Gasteiger partial charge on any atom is 0.236 e. The third-order valence-electron chi connectivity index (χ3n) is 5.14. The number of hydrogen-bond acceptors (Lipinski definition) is 2. The van der Waals surface area contributed by atoms with Crippen LogP contribution in [0.3, 0.4) is 0 Å². The average molecular weight is 291 g/mol. The van der Waals surface area contributed by atoms with Gasteiger partial charge in [-0.05, 0) is 38.5 Å². The van der Waals surface area contributed by atoms with E-state index in [2.05, 4.69) is 5.32 Å². The fraction of sp³-hybridized carbons (Fsp3) is 0.941. The third-order valence-corrected chi connectivity index (χ3v) is 5.14. The van der Waals surface area contributed by atoms with Gasteiger partial charge in [0.05, 0.1) is 0 Å². The molecule has 2 rings (SSSR count). The SMILES string of the molecule is NC1CCCC(NC(=O)[B]C2CCCCCCC2)CCC1. The summed E-state index contributed by atoms with van der Waals surface area (Å²) in [6.07, 6.45) is 15.7. The van der Waals surface area contributed by atoms with Crippen LogP contribution < -0.4 is 11.1 Å². The molecule has 0 aromatic rings. The van der Waals surface area contributed by atoms with Gasteiger partial charge >= 0.3 is 0 Å². The van der Waals surface area contributed by atoms with Crippen molar-refractivity contribution in [3.63, 3.8) is 0 Å². The van der Waals surface area contributed by atoms with E-state index in [0.717, 1.165) is 38.5 Å². The molecule has 1 amide bonds. The number of hydrogen-bond donors (Lipinski definition) is 2. The van der Waals surface area contributed by atoms with Crippen LogP contribution in [0.1, 0.15) is 83.5 Å². The summed E-state index contributed by atoms with van der Waals surface area (Å²) in [6.45, 7) is 0. The fourth-order valence-electron chi connectivity index (χ4n) is 3.80. The lowest BCUT2D eigenvalue weighted by Crippen LogP contribution is -2.39. The van der Waals surface area contributed by atoms with Gasteiger partial charge in [-0.1, -0.05) is 50.8 Å². The Balaban J connectivity index is 1.69. The standard InChI is InChI=1S/C17H32BN2O/c19-15-10-6-12-16(13-7-11-15)20-17(21)18-14-8-4-2-1-3-5-9-14/h14-16H,1-13,19H2,(H,20,21). The summed E-state index contributed by atoms with van der Waals surface area (Å²) in [5, 5.41) is 3.25. The zero-order valence-electron chi connectivity index (χ0n) is 13.5. The predicted octanol–water partition coefficient (Wildman–Crippen LogP) is 3.98. The summed E-state index contributed by atoms with van der Waals surface area (Å²) in [6, 6.07) is 0.748. The Morgan fingerprint density at radius 1 is 0.810 bits per heavy atom. The van der Waals surface area contributed by atoms with E-state index >= 15 is 0 Å². The van der Waals surface area contributed by atoms with Crippen molar-refractivity contribution in [1.82, 2.24) is 5.32 Å². The fourth-order valence-corrected chi connectivity index (χ4v) is 3.80. The maximum atomic E-state index is 12.2. The minimum atomic E-state index is 0.176. The van der Waals surface area contributed by atoms with Crippen molar-refractivity contribution >= 4 is 13.1 Å². The maximum absolute atomic E-state index is 12.2. The van der Waals surface area contributed by atoms with Crippen molar-refractivity contribution in [2.45, 2.75) is 101 Å². The van der Waals surface area contributed by atoms with E-state index in [1.807, 2.05) is 7.28 Å². The molecule has 3 nitrogen and oxygen atoms in total. The van der Waals surface area contributed by atoms with Crippen LogP contribution in [-0.4, -0.2) is 25.2 Å². The van der Waals surface area contributed by atoms with Crippen LogP contribution in [0.25, 0.3) is 0 Å². The Bertz CT molecular complexity index is 293. The second-order valence-corrected chi connectivity index (χ2v) is 7.10. The van der Waals surface area contributed by atoms with Gasteiger partial charge in [0.15, 0.2) is 5.81 Å². The molecular weight excluding hydrogens is 259 g/mol. The molecule has 2 aliphatic carbocycles. The summed E-state index contributed by atoms with van der Waals surface area (Å²) in [7, 11) is 1.98. The number of rotatable bonds is 3. The average Bonchev–Trinajstić information content (AvgIpc) is 2.39. The van der Waals surface area contributed by atoms with Crippen molar-refractivity contribution in [3.8, 4) is 0 Å². The van der Waals surface area contributed by atoms with Gasteiger partial charge in [-0.3, -0.25) is 4.79 Å². The second-order valence-electron chi connectivity index (χ2n) is 7.10. The lowest BCUT2D eigenvalue weighted by Gasteiger charge is -2.25. The Morgan fingerprint density at radius 2 is 1.38 bits per heavy atom. The monoisotopic (exact) mass is 291 g/mol. The van der Waals surface area contributed by atoms with Crippen LogP contribution in [0.5, 0.6) is 0 Å². The summed E-state index contributed by atoms with van der Waals surface area (Å²) >= 11 is 0. The molecule has 0 atom stereocenters. The molecule has 2 aliphatic rings. The lowest BCUT2D eigenvalue weighted by molar-refractivity contribution is 0.251. The molecule has 1 radical (unpaired) electrons. The van der Waals surface area contributed by atoms with Gasteiger partial charge in [0.2, 0.25) is 7.28 Å². The van der Waals surface area contributed by atoms with E-state index < -0.39 is 0 Å². The van der Waals surface area contributed by atoms with E-state index in [0.29, 0.717) is 17.9 Å². The van der Waals surface area contributed by atoms with Crippen molar-refractivity contribution in [2.75, 3.05) is 0 Å². The summed E-state index contributed by atoms with van der Waals surface area (Å²) in [5.74, 6) is 0.683. The van der Waals surface area contributed by atoms with Gasteiger partial charge < -0.3 is 11.1 Å². The normalized spacial score (nSPS) is 29.6. The molecule has 21 heavy (non-hydrogen) atoms. The topological polar surface area (TPSA) is 55.1 Å². The van der Waals surface area contributed by atoms with Crippen molar-refractivity contribution < 1.29 is 4.79 Å². The molecule has 2 saturated carbocycles. The molecule has 2 fully saturated rings. The van der Waals surface area contributed by atoms with Gasteiger partial charge in [-0.2, -0.15) is 0 Å². The van der Waals surface area contributed by atoms with Gasteiger partial charge in [-0.25, -0.2) is 0 Å². The zero-order chi connectivity index (χ0) is 14.9. The van der Waals surface area contributed by atoms with Crippen LogP contribution in [0, 0.1) is 0 Å². The molecule has 0 aliphatic heterocycles. The van der Waals surface area contributed by atoms with E-state index in [4.69, 9.17) is 5.73 Å². The lowest BCUT2D eigenvalue weighted by atomic mass is 9.59. The van der Waals surface area contributed by atoms with E-state index in [1.165, 1.54) is 44.9 Å². The first kappa shape index (κ1) is 16.9. The predicted molar refractivity (Wildman–Crippen MR) is 89.8 cm³/mol. The van der Waals surface area contributed by atoms with Crippen molar-refractivity contribution in [3.05, 3.63) is 0 Å². The van der Waals surface area contributed by atoms with Crippen LogP contribution in [0.4, 0.5) is 4.79 Å². The molecule has 3 N–H and O–H groups in total. The van der Waals surface area contributed by atoms with Crippen LogP contribution in [-0.2, 0) is 0 Å². The number of nitrogens with one attached hydrogen (secondary N) is 1. The van der Waals surface area contributed by atoms with Crippen molar-refractivity contribution in [2.24, 2.45) is 5.73 Å². The van der Waals surface area contributed by atoms with Crippen LogP contribution >= 0.6 is 0 Å². The Hall–Kier alpha value is -0.505. The summed E-state index contributed by atoms with van der Waals surface area (Å²) < 4.78 is 0. The highest BCUT2D eigenvalue weighted by atomic mass is 16.1. The van der Waals surface area contributed by atoms with Crippen LogP contribution in [0.2, 0.25) is 5.82 Å². The summed E-state index contributed by atoms with van der Waals surface area (Å²) in [5.41, 5.74) is 6.01. The number of nitrogens with two attached hydrogens (primary N) is 1. The Kier molecular flexibility index (Phi) is 7.63. The number of carbonyl (C=O) groups is 1. The first-order chi connectivity index (χ1) is 10.2. The van der Waals surface area contributed by atoms with E-state index in [-0.39, 0.29) is 5.81 Å². The minimum Gasteiger partial charge on any atom is -0.363 e. The third kappa shape index (κ3) is 6.86. The number of amides is 1. The first-order valence-electron chi connectivity index (χ1n) is 9.15. The molecule has 0 aromatic heterocycles. The highest BCUT2D eigenvalue weighted by Crippen LogP contribution is 2.26. The molecule has 119 valence electrons. The van der Waals surface area contributed by atoms with Gasteiger partial charge in [0.25, 0.3) is 0 Å². The highest BCUT2D eigenvalue weighted by Gasteiger charge is 2.20. The molecule has 0 spiro atoms. The van der Waals surface area contributed by atoms with Gasteiger partial charge in [0, 0.05) is 12.1 Å². The van der Waals surface area contributed by atoms with E-state index in [1.54, 1.807) is 0 Å². The molecule has 0 saturated heterocycles. The first-order valence-corrected chi connectivity index (χ1v) is 9.15. The van der Waals surface area contributed by atoms with Crippen molar-refractivity contribution in [1.29, 1.82) is 0 Å².